The summed E-state index contributed by atoms with van der Waals surface area (Å²) in [6.07, 6.45) is 2.61. The van der Waals surface area contributed by atoms with Crippen LogP contribution in [0.3, 0.4) is 0 Å². The highest BCUT2D eigenvalue weighted by atomic mass is 16.5. The monoisotopic (exact) mass is 444 g/mol. The molecule has 33 heavy (non-hydrogen) atoms. The molecule has 1 heterocycles. The largest absolute Gasteiger partial charge is 0.505 e. The molecule has 0 aliphatic heterocycles. The zero-order chi connectivity index (χ0) is 23.0. The standard InChI is InChI=1S/C26H28N4O3/c1-2-3-13-33-18-25(31)27-17-21-15-20(14-19-9-5-4-6-10-19)16-24(26(21)32)30-28-22-11-7-8-12-23(22)29-30/h4-12,15-16,32H,2-3,13-14,17-18H2,1H3,(H,27,31). The zero-order valence-corrected chi connectivity index (χ0v) is 18.7. The molecule has 4 aromatic rings. The lowest BCUT2D eigenvalue weighted by Crippen LogP contribution is -2.27. The third-order valence-electron chi connectivity index (χ3n) is 5.33. The van der Waals surface area contributed by atoms with Gasteiger partial charge in [0.1, 0.15) is 29.1 Å². The smallest absolute Gasteiger partial charge is 0.246 e. The molecule has 0 aliphatic carbocycles. The number of amides is 1. The van der Waals surface area contributed by atoms with Crippen LogP contribution in [0, 0.1) is 0 Å². The molecule has 7 nitrogen and oxygen atoms in total. The van der Waals surface area contributed by atoms with Crippen LogP contribution in [-0.2, 0) is 22.5 Å². The van der Waals surface area contributed by atoms with Crippen molar-refractivity contribution in [2.24, 2.45) is 0 Å². The first-order chi connectivity index (χ1) is 16.1. The van der Waals surface area contributed by atoms with E-state index in [2.05, 4.69) is 34.6 Å². The molecule has 1 aromatic heterocycles. The number of nitrogens with one attached hydrogen (secondary N) is 1. The van der Waals surface area contributed by atoms with Crippen molar-refractivity contribution < 1.29 is 14.6 Å². The Bertz CT molecular complexity index is 1190. The third-order valence-corrected chi connectivity index (χ3v) is 5.33. The fourth-order valence-corrected chi connectivity index (χ4v) is 3.59. The van der Waals surface area contributed by atoms with Gasteiger partial charge in [-0.15, -0.1) is 15.0 Å². The van der Waals surface area contributed by atoms with E-state index < -0.39 is 0 Å². The van der Waals surface area contributed by atoms with E-state index in [0.717, 1.165) is 35.0 Å². The Morgan fingerprint density at radius 1 is 1.00 bits per heavy atom. The Labute approximate surface area is 193 Å². The van der Waals surface area contributed by atoms with Crippen molar-refractivity contribution in [3.63, 3.8) is 0 Å². The van der Waals surface area contributed by atoms with E-state index in [-0.39, 0.29) is 24.8 Å². The van der Waals surface area contributed by atoms with Crippen molar-refractivity contribution >= 4 is 16.9 Å². The molecule has 1 amide bonds. The van der Waals surface area contributed by atoms with Crippen molar-refractivity contribution in [2.75, 3.05) is 13.2 Å². The first kappa shape index (κ1) is 22.5. The van der Waals surface area contributed by atoms with Crippen LogP contribution in [0.2, 0.25) is 0 Å². The van der Waals surface area contributed by atoms with Crippen LogP contribution in [0.25, 0.3) is 16.7 Å². The highest BCUT2D eigenvalue weighted by Gasteiger charge is 2.16. The van der Waals surface area contributed by atoms with E-state index in [1.54, 1.807) is 0 Å². The highest BCUT2D eigenvalue weighted by Crippen LogP contribution is 2.29. The van der Waals surface area contributed by atoms with E-state index in [4.69, 9.17) is 4.74 Å². The van der Waals surface area contributed by atoms with Gasteiger partial charge in [-0.25, -0.2) is 0 Å². The molecule has 170 valence electrons. The summed E-state index contributed by atoms with van der Waals surface area (Å²) in [5, 5.41) is 22.9. The summed E-state index contributed by atoms with van der Waals surface area (Å²) in [5.41, 5.74) is 4.68. The van der Waals surface area contributed by atoms with Gasteiger partial charge in [-0.2, -0.15) is 0 Å². The van der Waals surface area contributed by atoms with E-state index in [1.165, 1.54) is 4.80 Å². The molecule has 0 saturated heterocycles. The van der Waals surface area contributed by atoms with Gasteiger partial charge in [-0.05, 0) is 48.2 Å². The number of rotatable bonds is 10. The van der Waals surface area contributed by atoms with Gasteiger partial charge < -0.3 is 15.2 Å². The Morgan fingerprint density at radius 2 is 1.70 bits per heavy atom. The summed E-state index contributed by atoms with van der Waals surface area (Å²) >= 11 is 0. The zero-order valence-electron chi connectivity index (χ0n) is 18.7. The minimum absolute atomic E-state index is 0.00340. The van der Waals surface area contributed by atoms with Crippen LogP contribution in [0.5, 0.6) is 5.75 Å². The maximum absolute atomic E-state index is 12.2. The number of ether oxygens (including phenoxy) is 1. The molecule has 7 heteroatoms. The van der Waals surface area contributed by atoms with E-state index in [1.807, 2.05) is 54.6 Å². The lowest BCUT2D eigenvalue weighted by Gasteiger charge is -2.14. The minimum atomic E-state index is -0.219. The van der Waals surface area contributed by atoms with Crippen molar-refractivity contribution in [3.8, 4) is 11.4 Å². The summed E-state index contributed by atoms with van der Waals surface area (Å²) in [4.78, 5) is 13.6. The van der Waals surface area contributed by atoms with Crippen LogP contribution < -0.4 is 5.32 Å². The Hall–Kier alpha value is -3.71. The van der Waals surface area contributed by atoms with Gasteiger partial charge in [0.15, 0.2) is 0 Å². The van der Waals surface area contributed by atoms with Crippen molar-refractivity contribution in [3.05, 3.63) is 83.4 Å². The Balaban J connectivity index is 1.61. The minimum Gasteiger partial charge on any atom is -0.505 e. The molecule has 0 saturated carbocycles. The van der Waals surface area contributed by atoms with Crippen molar-refractivity contribution in [1.29, 1.82) is 0 Å². The number of carbonyl (C=O) groups is 1. The highest BCUT2D eigenvalue weighted by molar-refractivity contribution is 5.77. The number of unbranched alkanes of at least 4 members (excludes halogenated alkanes) is 1. The fourth-order valence-electron chi connectivity index (χ4n) is 3.59. The molecule has 0 atom stereocenters. The van der Waals surface area contributed by atoms with Crippen LogP contribution in [0.15, 0.2) is 66.7 Å². The molecule has 0 bridgehead atoms. The van der Waals surface area contributed by atoms with Gasteiger partial charge in [0.05, 0.1) is 0 Å². The predicted octanol–water partition coefficient (Wildman–Crippen LogP) is 4.15. The van der Waals surface area contributed by atoms with Crippen LogP contribution in [-0.4, -0.2) is 39.2 Å². The van der Waals surface area contributed by atoms with Crippen LogP contribution in [0.1, 0.15) is 36.5 Å². The second-order valence-corrected chi connectivity index (χ2v) is 7.95. The summed E-state index contributed by atoms with van der Waals surface area (Å²) in [6, 6.07) is 21.4. The van der Waals surface area contributed by atoms with E-state index >= 15 is 0 Å². The first-order valence-corrected chi connectivity index (χ1v) is 11.2. The summed E-state index contributed by atoms with van der Waals surface area (Å²) in [7, 11) is 0. The summed E-state index contributed by atoms with van der Waals surface area (Å²) < 4.78 is 5.39. The molecule has 0 spiro atoms. The normalized spacial score (nSPS) is 11.1. The quantitative estimate of drug-likeness (QED) is 0.359. The maximum atomic E-state index is 12.2. The fraction of sp³-hybridized carbons (Fsp3) is 0.269. The molecule has 3 aromatic carbocycles. The first-order valence-electron chi connectivity index (χ1n) is 11.2. The second kappa shape index (κ2) is 10.7. The third kappa shape index (κ3) is 5.75. The van der Waals surface area contributed by atoms with Gasteiger partial charge in [0, 0.05) is 18.7 Å². The molecule has 0 radical (unpaired) electrons. The number of phenols is 1. The number of nitrogens with zero attached hydrogens (tertiary/aromatic N) is 3. The molecular formula is C26H28N4O3. The molecule has 2 N–H and O–H groups in total. The van der Waals surface area contributed by atoms with Gasteiger partial charge >= 0.3 is 0 Å². The average Bonchev–Trinajstić information content (AvgIpc) is 3.27. The van der Waals surface area contributed by atoms with E-state index in [9.17, 15) is 9.90 Å². The Morgan fingerprint density at radius 3 is 2.39 bits per heavy atom. The lowest BCUT2D eigenvalue weighted by atomic mass is 10.0. The number of aromatic nitrogens is 3. The van der Waals surface area contributed by atoms with Gasteiger partial charge in [-0.1, -0.05) is 55.8 Å². The number of benzene rings is 3. The second-order valence-electron chi connectivity index (χ2n) is 7.95. The summed E-state index contributed by atoms with van der Waals surface area (Å²) in [6.45, 7) is 2.82. The van der Waals surface area contributed by atoms with Gasteiger partial charge in [0.2, 0.25) is 5.91 Å². The number of phenolic OH excluding ortho intramolecular Hbond substituents is 1. The van der Waals surface area contributed by atoms with E-state index in [0.29, 0.717) is 24.3 Å². The molecule has 0 aliphatic rings. The lowest BCUT2D eigenvalue weighted by molar-refractivity contribution is -0.125. The Kier molecular flexibility index (Phi) is 7.32. The molecular weight excluding hydrogens is 416 g/mol. The molecule has 4 rings (SSSR count). The number of hydrogen-bond donors (Lipinski definition) is 2. The topological polar surface area (TPSA) is 89.3 Å². The van der Waals surface area contributed by atoms with Crippen LogP contribution in [0.4, 0.5) is 0 Å². The van der Waals surface area contributed by atoms with Crippen LogP contribution >= 0.6 is 0 Å². The SMILES string of the molecule is CCCCOCC(=O)NCc1cc(Cc2ccccc2)cc(-n2nc3ccccc3n2)c1O. The van der Waals surface area contributed by atoms with Crippen molar-refractivity contribution in [2.45, 2.75) is 32.7 Å². The molecule has 0 unspecified atom stereocenters. The molecule has 0 fully saturated rings. The number of fused-ring (bicyclic) bond motifs is 1. The maximum Gasteiger partial charge on any atom is 0.246 e. The summed E-state index contributed by atoms with van der Waals surface area (Å²) in [5.74, 6) is -0.178. The van der Waals surface area contributed by atoms with Crippen molar-refractivity contribution in [1.82, 2.24) is 20.3 Å². The number of carbonyl (C=O) groups excluding carboxylic acids is 1. The van der Waals surface area contributed by atoms with Gasteiger partial charge in [0.25, 0.3) is 0 Å². The number of aromatic hydroxyl groups is 1. The average molecular weight is 445 g/mol. The predicted molar refractivity (Wildman–Crippen MR) is 127 cm³/mol. The number of hydrogen-bond acceptors (Lipinski definition) is 5. The van der Waals surface area contributed by atoms with Gasteiger partial charge in [-0.3, -0.25) is 4.79 Å².